The predicted molar refractivity (Wildman–Crippen MR) is 114 cm³/mol. The van der Waals surface area contributed by atoms with Gasteiger partial charge in [0.05, 0.1) is 11.4 Å². The number of carbonyl (C=O) groups excluding carboxylic acids is 1. The highest BCUT2D eigenvalue weighted by atomic mass is 32.2. The van der Waals surface area contributed by atoms with E-state index in [1.165, 1.54) is 9.87 Å². The molecule has 1 aliphatic rings. The van der Waals surface area contributed by atoms with E-state index >= 15 is 0 Å². The maximum Gasteiger partial charge on any atom is 0.235 e. The molecule has 1 amide bonds. The van der Waals surface area contributed by atoms with Crippen LogP contribution in [0.25, 0.3) is 0 Å². The molecule has 0 spiro atoms. The van der Waals surface area contributed by atoms with E-state index in [0.717, 1.165) is 5.56 Å². The minimum atomic E-state index is -3.18. The van der Waals surface area contributed by atoms with Gasteiger partial charge in [0.1, 0.15) is 0 Å². The Bertz CT molecular complexity index is 927. The summed E-state index contributed by atoms with van der Waals surface area (Å²) >= 11 is 0. The number of nitrogens with one attached hydrogen (secondary N) is 1. The van der Waals surface area contributed by atoms with Gasteiger partial charge in [-0.3, -0.25) is 9.10 Å². The Labute approximate surface area is 167 Å². The first-order valence-corrected chi connectivity index (χ1v) is 11.3. The molecule has 1 N–H and O–H groups in total. The van der Waals surface area contributed by atoms with Gasteiger partial charge in [-0.2, -0.15) is 0 Å². The Morgan fingerprint density at radius 1 is 1.04 bits per heavy atom. The molecule has 0 saturated carbocycles. The molecule has 0 bridgehead atoms. The number of rotatable bonds is 5. The number of amides is 1. The third-order valence-electron chi connectivity index (χ3n) is 5.00. The first-order valence-electron chi connectivity index (χ1n) is 9.65. The van der Waals surface area contributed by atoms with Crippen molar-refractivity contribution in [1.82, 2.24) is 0 Å². The number of nitrogens with zero attached hydrogens (tertiary/aromatic N) is 1. The van der Waals surface area contributed by atoms with Crippen LogP contribution in [0.15, 0.2) is 48.5 Å². The van der Waals surface area contributed by atoms with E-state index in [4.69, 9.17) is 0 Å². The van der Waals surface area contributed by atoms with Crippen molar-refractivity contribution >= 4 is 27.3 Å². The molecule has 2 aromatic carbocycles. The fourth-order valence-corrected chi connectivity index (χ4v) is 4.86. The molecule has 0 atom stereocenters. The topological polar surface area (TPSA) is 66.5 Å². The van der Waals surface area contributed by atoms with E-state index < -0.39 is 10.0 Å². The molecule has 0 radical (unpaired) electrons. The van der Waals surface area contributed by atoms with E-state index in [1.807, 2.05) is 0 Å². The monoisotopic (exact) mass is 400 g/mol. The van der Waals surface area contributed by atoms with E-state index in [1.54, 1.807) is 24.3 Å². The molecule has 0 aliphatic carbocycles. The van der Waals surface area contributed by atoms with Gasteiger partial charge >= 0.3 is 0 Å². The van der Waals surface area contributed by atoms with Crippen LogP contribution in [0, 0.1) is 0 Å². The highest BCUT2D eigenvalue weighted by Crippen LogP contribution is 2.25. The van der Waals surface area contributed by atoms with Crippen LogP contribution >= 0.6 is 0 Å². The summed E-state index contributed by atoms with van der Waals surface area (Å²) in [6.45, 7) is 7.06. The summed E-state index contributed by atoms with van der Waals surface area (Å²) in [5, 5.41) is 2.88. The zero-order valence-electron chi connectivity index (χ0n) is 16.7. The zero-order chi connectivity index (χ0) is 20.4. The lowest BCUT2D eigenvalue weighted by atomic mass is 9.86. The lowest BCUT2D eigenvalue weighted by Gasteiger charge is -2.19. The molecule has 1 fully saturated rings. The number of hydrogen-bond donors (Lipinski definition) is 1. The molecule has 150 valence electrons. The molecule has 0 unspecified atom stereocenters. The minimum Gasteiger partial charge on any atom is -0.326 e. The van der Waals surface area contributed by atoms with Gasteiger partial charge in [0, 0.05) is 18.7 Å². The molecular formula is C22H28N2O3S. The minimum absolute atomic E-state index is 0.0542. The van der Waals surface area contributed by atoms with Gasteiger partial charge < -0.3 is 5.32 Å². The lowest BCUT2D eigenvalue weighted by molar-refractivity contribution is -0.116. The maximum absolute atomic E-state index is 12.2. The van der Waals surface area contributed by atoms with Crippen molar-refractivity contribution in [3.8, 4) is 0 Å². The SMILES string of the molecule is CC(C)(C)c1ccc(CCC(=O)Nc2ccc(N3CCCS3(=O)=O)cc2)cc1. The third-order valence-corrected chi connectivity index (χ3v) is 6.87. The van der Waals surface area contributed by atoms with E-state index in [0.29, 0.717) is 37.2 Å². The van der Waals surface area contributed by atoms with Gasteiger partial charge in [-0.05, 0) is 53.6 Å². The zero-order valence-corrected chi connectivity index (χ0v) is 17.6. The van der Waals surface area contributed by atoms with Crippen molar-refractivity contribution in [1.29, 1.82) is 0 Å². The van der Waals surface area contributed by atoms with Crippen molar-refractivity contribution in [2.45, 2.75) is 45.4 Å². The molecule has 6 heteroatoms. The number of benzene rings is 2. The molecule has 1 heterocycles. The normalized spacial score (nSPS) is 16.2. The molecule has 28 heavy (non-hydrogen) atoms. The van der Waals surface area contributed by atoms with Gasteiger partial charge in [0.2, 0.25) is 15.9 Å². The second-order valence-corrected chi connectivity index (χ2v) is 10.3. The summed E-state index contributed by atoms with van der Waals surface area (Å²) in [7, 11) is -3.18. The molecule has 0 aromatic heterocycles. The Balaban J connectivity index is 1.54. The van der Waals surface area contributed by atoms with Crippen molar-refractivity contribution in [2.75, 3.05) is 21.9 Å². The van der Waals surface area contributed by atoms with Crippen LogP contribution in [0.3, 0.4) is 0 Å². The molecule has 3 rings (SSSR count). The Kier molecular flexibility index (Phi) is 5.79. The second kappa shape index (κ2) is 7.95. The van der Waals surface area contributed by atoms with Crippen molar-refractivity contribution < 1.29 is 13.2 Å². The van der Waals surface area contributed by atoms with Gasteiger partial charge in [0.15, 0.2) is 0 Å². The van der Waals surface area contributed by atoms with E-state index in [2.05, 4.69) is 50.4 Å². The Morgan fingerprint density at radius 2 is 1.68 bits per heavy atom. The van der Waals surface area contributed by atoms with Gasteiger partial charge in [0.25, 0.3) is 0 Å². The standard InChI is InChI=1S/C22H28N2O3S/c1-22(2,3)18-8-5-17(6-9-18)7-14-21(25)23-19-10-12-20(13-11-19)24-15-4-16-28(24,26)27/h5-6,8-13H,4,7,14-16H2,1-3H3,(H,23,25). The van der Waals surface area contributed by atoms with Crippen LogP contribution in [0.5, 0.6) is 0 Å². The Morgan fingerprint density at radius 3 is 2.21 bits per heavy atom. The summed E-state index contributed by atoms with van der Waals surface area (Å²) in [5.74, 6) is 0.142. The lowest BCUT2D eigenvalue weighted by Crippen LogP contribution is -2.25. The summed E-state index contributed by atoms with van der Waals surface area (Å²) in [5.41, 5.74) is 3.86. The third kappa shape index (κ3) is 4.93. The molecule has 5 nitrogen and oxygen atoms in total. The van der Waals surface area contributed by atoms with Gasteiger partial charge in [-0.15, -0.1) is 0 Å². The average molecular weight is 401 g/mol. The number of aryl methyl sites for hydroxylation is 1. The highest BCUT2D eigenvalue weighted by molar-refractivity contribution is 7.93. The summed E-state index contributed by atoms with van der Waals surface area (Å²) in [6.07, 6.45) is 1.73. The number of carbonyl (C=O) groups is 1. The molecule has 2 aromatic rings. The largest absolute Gasteiger partial charge is 0.326 e. The first-order chi connectivity index (χ1) is 13.1. The quantitative estimate of drug-likeness (QED) is 0.822. The van der Waals surface area contributed by atoms with Crippen LogP contribution in [0.2, 0.25) is 0 Å². The number of hydrogen-bond acceptors (Lipinski definition) is 3. The van der Waals surface area contributed by atoms with Crippen molar-refractivity contribution in [2.24, 2.45) is 0 Å². The van der Waals surface area contributed by atoms with Crippen LogP contribution in [0.4, 0.5) is 11.4 Å². The van der Waals surface area contributed by atoms with E-state index in [9.17, 15) is 13.2 Å². The number of anilines is 2. The van der Waals surface area contributed by atoms with Gasteiger partial charge in [-0.1, -0.05) is 45.0 Å². The molecular weight excluding hydrogens is 372 g/mol. The Hall–Kier alpha value is -2.34. The first kappa shape index (κ1) is 20.4. The summed E-state index contributed by atoms with van der Waals surface area (Å²) < 4.78 is 25.4. The average Bonchev–Trinajstić information content (AvgIpc) is 2.99. The molecule has 1 aliphatic heterocycles. The maximum atomic E-state index is 12.2. The predicted octanol–water partition coefficient (Wildman–Crippen LogP) is 4.10. The smallest absolute Gasteiger partial charge is 0.235 e. The second-order valence-electron chi connectivity index (χ2n) is 8.28. The van der Waals surface area contributed by atoms with Crippen LogP contribution in [0.1, 0.15) is 44.7 Å². The van der Waals surface area contributed by atoms with Crippen LogP contribution in [-0.2, 0) is 26.7 Å². The number of sulfonamides is 1. The van der Waals surface area contributed by atoms with Crippen molar-refractivity contribution in [3.05, 3.63) is 59.7 Å². The van der Waals surface area contributed by atoms with Crippen LogP contribution < -0.4 is 9.62 Å². The van der Waals surface area contributed by atoms with Crippen molar-refractivity contribution in [3.63, 3.8) is 0 Å². The summed E-state index contributed by atoms with van der Waals surface area (Å²) in [4.78, 5) is 12.2. The fourth-order valence-electron chi connectivity index (χ4n) is 3.29. The summed E-state index contributed by atoms with van der Waals surface area (Å²) in [6, 6.07) is 15.4. The fraction of sp³-hybridized carbons (Fsp3) is 0.409. The molecule has 1 saturated heterocycles. The van der Waals surface area contributed by atoms with E-state index in [-0.39, 0.29) is 17.1 Å². The highest BCUT2D eigenvalue weighted by Gasteiger charge is 2.28. The van der Waals surface area contributed by atoms with Gasteiger partial charge in [-0.25, -0.2) is 8.42 Å². The van der Waals surface area contributed by atoms with Crippen LogP contribution in [-0.4, -0.2) is 26.6 Å².